The monoisotopic (exact) mass is 308 g/mol. The van der Waals surface area contributed by atoms with Gasteiger partial charge in [-0.2, -0.15) is 0 Å². The molecule has 0 saturated carbocycles. The van der Waals surface area contributed by atoms with Crippen LogP contribution in [0.5, 0.6) is 0 Å². The van der Waals surface area contributed by atoms with E-state index in [9.17, 15) is 4.79 Å². The minimum Gasteiger partial charge on any atom is -0.331 e. The lowest BCUT2D eigenvalue weighted by Crippen LogP contribution is -2.20. The summed E-state index contributed by atoms with van der Waals surface area (Å²) in [6.45, 7) is 0. The number of aromatic nitrogens is 2. The number of nitrogens with one attached hydrogen (secondary N) is 2. The summed E-state index contributed by atoms with van der Waals surface area (Å²) in [5.74, 6) is 0. The second-order valence-corrected chi connectivity index (χ2v) is 5.39. The third-order valence-electron chi connectivity index (χ3n) is 3.03. The quantitative estimate of drug-likeness (QED) is 0.735. The van der Waals surface area contributed by atoms with Crippen LogP contribution in [0.2, 0.25) is 0 Å². The zero-order valence-electron chi connectivity index (χ0n) is 8.84. The van der Waals surface area contributed by atoms with Crippen molar-refractivity contribution in [2.24, 2.45) is 0 Å². The Morgan fingerprint density at radius 1 is 1.24 bits per heavy atom. The predicted octanol–water partition coefficient (Wildman–Crippen LogP) is 2.96. The van der Waals surface area contributed by atoms with E-state index in [0.717, 1.165) is 34.1 Å². The van der Waals surface area contributed by atoms with E-state index in [1.807, 2.05) is 12.1 Å². The van der Waals surface area contributed by atoms with Crippen molar-refractivity contribution in [3.63, 3.8) is 0 Å². The number of H-pyrrole nitrogens is 2. The molecule has 1 aromatic carbocycles. The third-order valence-corrected chi connectivity index (χ3v) is 3.72. The molecule has 0 unspecified atom stereocenters. The molecule has 2 aromatic rings. The molecule has 3 rings (SSSR count). The Balaban J connectivity index is 2.39. The van der Waals surface area contributed by atoms with Gasteiger partial charge in [-0.15, -0.1) is 0 Å². The largest absolute Gasteiger partial charge is 0.331 e. The maximum absolute atomic E-state index is 11.8. The van der Waals surface area contributed by atoms with Gasteiger partial charge in [-0.25, -0.2) is 0 Å². The maximum atomic E-state index is 11.8. The van der Waals surface area contributed by atoms with Crippen LogP contribution in [0.4, 0.5) is 0 Å². The van der Waals surface area contributed by atoms with Crippen LogP contribution in [0.25, 0.3) is 11.3 Å². The van der Waals surface area contributed by atoms with Crippen LogP contribution in [-0.4, -0.2) is 9.97 Å². The molecular weight excluding hydrogens is 300 g/mol. The van der Waals surface area contributed by atoms with Crippen molar-refractivity contribution in [1.82, 2.24) is 9.97 Å². The third kappa shape index (κ3) is 1.79. The van der Waals surface area contributed by atoms with Gasteiger partial charge < -0.3 is 4.98 Å². The van der Waals surface area contributed by atoms with Crippen molar-refractivity contribution in [3.8, 4) is 11.3 Å². The van der Waals surface area contributed by atoms with Crippen molar-refractivity contribution in [2.45, 2.75) is 12.8 Å². The molecule has 0 bridgehead atoms. The highest BCUT2D eigenvalue weighted by atomic mass is 79.9. The van der Waals surface area contributed by atoms with E-state index < -0.39 is 0 Å². The number of aromatic amines is 2. The van der Waals surface area contributed by atoms with Crippen LogP contribution < -0.4 is 5.56 Å². The van der Waals surface area contributed by atoms with E-state index in [2.05, 4.69) is 32.0 Å². The number of halogens is 1. The Morgan fingerprint density at radius 2 is 2.06 bits per heavy atom. The molecule has 2 N–H and O–H groups in total. The first-order valence-electron chi connectivity index (χ1n) is 5.29. The fourth-order valence-corrected chi connectivity index (χ4v) is 2.80. The molecule has 0 atom stereocenters. The van der Waals surface area contributed by atoms with E-state index in [1.54, 1.807) is 0 Å². The summed E-state index contributed by atoms with van der Waals surface area (Å²) in [5.41, 5.74) is 3.90. The SMILES string of the molecule is O=c1[nH]c(=S)[nH]c2c1CCc1ccc(Br)cc1-2. The van der Waals surface area contributed by atoms with Crippen LogP contribution >= 0.6 is 28.1 Å². The number of aryl methyl sites for hydroxylation is 1. The van der Waals surface area contributed by atoms with Gasteiger partial charge in [0.1, 0.15) is 0 Å². The Kier molecular flexibility index (Phi) is 2.52. The van der Waals surface area contributed by atoms with E-state index >= 15 is 0 Å². The number of benzene rings is 1. The minimum atomic E-state index is -0.0747. The fourth-order valence-electron chi connectivity index (χ4n) is 2.24. The second kappa shape index (κ2) is 3.92. The summed E-state index contributed by atoms with van der Waals surface area (Å²) in [6, 6.07) is 6.13. The van der Waals surface area contributed by atoms with Gasteiger partial charge in [0.15, 0.2) is 4.77 Å². The van der Waals surface area contributed by atoms with Crippen LogP contribution in [0.1, 0.15) is 11.1 Å². The van der Waals surface area contributed by atoms with E-state index in [1.165, 1.54) is 5.56 Å². The average Bonchev–Trinajstić information content (AvgIpc) is 2.28. The molecule has 3 nitrogen and oxygen atoms in total. The normalized spacial score (nSPS) is 13.0. The smallest absolute Gasteiger partial charge is 0.255 e. The highest BCUT2D eigenvalue weighted by Gasteiger charge is 2.19. The number of fused-ring (bicyclic) bond motifs is 3. The van der Waals surface area contributed by atoms with Crippen molar-refractivity contribution >= 4 is 28.1 Å². The van der Waals surface area contributed by atoms with Crippen LogP contribution in [-0.2, 0) is 12.8 Å². The summed E-state index contributed by atoms with van der Waals surface area (Å²) >= 11 is 8.48. The standard InChI is InChI=1S/C12H9BrN2OS/c13-7-3-1-6-2-4-8-10(9(6)5-7)14-12(17)15-11(8)16/h1,3,5H,2,4H2,(H2,14,15,16,17). The Bertz CT molecular complexity index is 717. The van der Waals surface area contributed by atoms with Crippen LogP contribution in [0, 0.1) is 4.77 Å². The average molecular weight is 309 g/mol. The summed E-state index contributed by atoms with van der Waals surface area (Å²) < 4.78 is 1.38. The Labute approximate surface area is 111 Å². The van der Waals surface area contributed by atoms with E-state index in [0.29, 0.717) is 4.77 Å². The molecule has 0 radical (unpaired) electrons. The van der Waals surface area contributed by atoms with Crippen molar-refractivity contribution in [3.05, 3.63) is 48.9 Å². The minimum absolute atomic E-state index is 0.0747. The van der Waals surface area contributed by atoms with Gasteiger partial charge >= 0.3 is 0 Å². The van der Waals surface area contributed by atoms with Gasteiger partial charge in [-0.1, -0.05) is 22.0 Å². The lowest BCUT2D eigenvalue weighted by Gasteiger charge is -2.18. The Morgan fingerprint density at radius 3 is 2.88 bits per heavy atom. The molecule has 86 valence electrons. The molecule has 1 aromatic heterocycles. The number of hydrogen-bond donors (Lipinski definition) is 2. The lowest BCUT2D eigenvalue weighted by molar-refractivity contribution is 0.886. The first-order chi connectivity index (χ1) is 8.15. The number of hydrogen-bond acceptors (Lipinski definition) is 2. The van der Waals surface area contributed by atoms with Crippen LogP contribution in [0.3, 0.4) is 0 Å². The topological polar surface area (TPSA) is 48.6 Å². The van der Waals surface area contributed by atoms with Gasteiger partial charge in [0.2, 0.25) is 0 Å². The highest BCUT2D eigenvalue weighted by molar-refractivity contribution is 9.10. The van der Waals surface area contributed by atoms with Crippen molar-refractivity contribution in [2.75, 3.05) is 0 Å². The molecule has 5 heteroatoms. The molecular formula is C12H9BrN2OS. The molecule has 0 amide bonds. The van der Waals surface area contributed by atoms with Gasteiger partial charge in [0.05, 0.1) is 5.69 Å². The van der Waals surface area contributed by atoms with Gasteiger partial charge in [0.25, 0.3) is 5.56 Å². The summed E-state index contributed by atoms with van der Waals surface area (Å²) in [5, 5.41) is 0. The van der Waals surface area contributed by atoms with Crippen LogP contribution in [0.15, 0.2) is 27.5 Å². The summed E-state index contributed by atoms with van der Waals surface area (Å²) in [6.07, 6.45) is 1.65. The lowest BCUT2D eigenvalue weighted by atomic mass is 9.90. The van der Waals surface area contributed by atoms with Gasteiger partial charge in [-0.3, -0.25) is 9.78 Å². The van der Waals surface area contributed by atoms with Gasteiger partial charge in [-0.05, 0) is 42.8 Å². The highest BCUT2D eigenvalue weighted by Crippen LogP contribution is 2.31. The zero-order valence-corrected chi connectivity index (χ0v) is 11.2. The van der Waals surface area contributed by atoms with E-state index in [-0.39, 0.29) is 5.56 Å². The molecule has 1 aliphatic rings. The van der Waals surface area contributed by atoms with Crippen molar-refractivity contribution in [1.29, 1.82) is 0 Å². The van der Waals surface area contributed by atoms with E-state index in [4.69, 9.17) is 12.2 Å². The molecule has 17 heavy (non-hydrogen) atoms. The Hall–Kier alpha value is -1.20. The molecule has 0 spiro atoms. The first kappa shape index (κ1) is 10.9. The summed E-state index contributed by atoms with van der Waals surface area (Å²) in [7, 11) is 0. The van der Waals surface area contributed by atoms with Gasteiger partial charge in [0, 0.05) is 15.6 Å². The zero-order chi connectivity index (χ0) is 12.0. The number of rotatable bonds is 0. The summed E-state index contributed by atoms with van der Waals surface area (Å²) in [4.78, 5) is 17.6. The first-order valence-corrected chi connectivity index (χ1v) is 6.49. The molecule has 0 saturated heterocycles. The van der Waals surface area contributed by atoms with Crippen molar-refractivity contribution < 1.29 is 0 Å². The molecule has 0 fully saturated rings. The fraction of sp³-hybridized carbons (Fsp3) is 0.167. The molecule has 1 aliphatic carbocycles. The second-order valence-electron chi connectivity index (χ2n) is 4.06. The molecule has 1 heterocycles. The predicted molar refractivity (Wildman–Crippen MR) is 72.8 cm³/mol. The molecule has 0 aliphatic heterocycles. The maximum Gasteiger partial charge on any atom is 0.255 e.